The molecule has 0 spiro atoms. The van der Waals surface area contributed by atoms with Crippen molar-refractivity contribution < 1.29 is 13.9 Å². The summed E-state index contributed by atoms with van der Waals surface area (Å²) in [5, 5.41) is 3.21. The fourth-order valence-electron chi connectivity index (χ4n) is 5.37. The van der Waals surface area contributed by atoms with Crippen LogP contribution >= 0.6 is 0 Å². The van der Waals surface area contributed by atoms with Gasteiger partial charge < -0.3 is 15.0 Å². The molecule has 1 saturated heterocycles. The average Bonchev–Trinajstić information content (AvgIpc) is 3.30. The van der Waals surface area contributed by atoms with Gasteiger partial charge in [-0.25, -0.2) is 9.38 Å². The molecule has 2 heterocycles. The second-order valence-corrected chi connectivity index (χ2v) is 10.3. The lowest BCUT2D eigenvalue weighted by Gasteiger charge is -2.33. The van der Waals surface area contributed by atoms with Crippen molar-refractivity contribution in [3.05, 3.63) is 71.5 Å². The lowest BCUT2D eigenvalue weighted by atomic mass is 9.84. The average molecular weight is 478 g/mol. The first-order valence-corrected chi connectivity index (χ1v) is 13.2. The number of halogens is 1. The van der Waals surface area contributed by atoms with E-state index >= 15 is 0 Å². The van der Waals surface area contributed by atoms with Crippen LogP contribution in [0.1, 0.15) is 55.7 Å². The Morgan fingerprint density at radius 2 is 1.89 bits per heavy atom. The van der Waals surface area contributed by atoms with Crippen LogP contribution in [0.3, 0.4) is 0 Å². The molecule has 0 unspecified atom stereocenters. The molecule has 2 aromatic carbocycles. The molecule has 0 bridgehead atoms. The number of likely N-dealkylation sites (tertiary alicyclic amines) is 1. The van der Waals surface area contributed by atoms with E-state index in [9.17, 15) is 9.18 Å². The van der Waals surface area contributed by atoms with Gasteiger partial charge in [0.2, 0.25) is 5.91 Å². The maximum absolute atomic E-state index is 13.9. The van der Waals surface area contributed by atoms with E-state index in [0.29, 0.717) is 12.5 Å². The largest absolute Gasteiger partial charge is 0.478 e. The third-order valence-corrected chi connectivity index (χ3v) is 7.76. The van der Waals surface area contributed by atoms with Gasteiger partial charge >= 0.3 is 0 Å². The maximum atomic E-state index is 13.9. The van der Waals surface area contributed by atoms with Crippen LogP contribution in [0.15, 0.2) is 59.6 Å². The van der Waals surface area contributed by atoms with E-state index in [1.165, 1.54) is 11.6 Å². The zero-order chi connectivity index (χ0) is 24.0. The number of piperidine rings is 1. The van der Waals surface area contributed by atoms with E-state index in [1.54, 1.807) is 12.1 Å². The number of carbonyl (C=O) groups excluding carboxylic acids is 1. The first kappa shape index (κ1) is 24.0. The van der Waals surface area contributed by atoms with Crippen LogP contribution in [-0.4, -0.2) is 49.0 Å². The van der Waals surface area contributed by atoms with Gasteiger partial charge in [-0.2, -0.15) is 0 Å². The maximum Gasteiger partial charge on any atom is 0.223 e. The van der Waals surface area contributed by atoms with Crippen molar-refractivity contribution in [2.45, 2.75) is 57.0 Å². The Morgan fingerprint density at radius 3 is 2.60 bits per heavy atom. The molecule has 5 nitrogen and oxygen atoms in total. The summed E-state index contributed by atoms with van der Waals surface area (Å²) < 4.78 is 19.9. The Hall–Kier alpha value is -2.73. The zero-order valence-corrected chi connectivity index (χ0v) is 20.4. The highest BCUT2D eigenvalue weighted by Crippen LogP contribution is 2.29. The molecule has 1 N–H and O–H groups in total. The van der Waals surface area contributed by atoms with Crippen LogP contribution in [0.5, 0.6) is 0 Å². The summed E-state index contributed by atoms with van der Waals surface area (Å²) in [5.74, 6) is 1.32. The highest BCUT2D eigenvalue weighted by atomic mass is 19.1. The summed E-state index contributed by atoms with van der Waals surface area (Å²) >= 11 is 0. The van der Waals surface area contributed by atoms with Gasteiger partial charge in [-0.1, -0.05) is 48.9 Å². The lowest BCUT2D eigenvalue weighted by molar-refractivity contribution is -0.128. The minimum absolute atomic E-state index is 0.116. The van der Waals surface area contributed by atoms with E-state index in [4.69, 9.17) is 9.73 Å². The molecule has 0 aromatic heterocycles. The van der Waals surface area contributed by atoms with Crippen LogP contribution in [-0.2, 0) is 16.0 Å². The monoisotopic (exact) mass is 477 g/mol. The number of aliphatic imine (C=N–C) groups is 1. The molecule has 186 valence electrons. The number of carbonyl (C=O) groups is 1. The predicted octanol–water partition coefficient (Wildman–Crippen LogP) is 4.93. The number of amides is 1. The van der Waals surface area contributed by atoms with Gasteiger partial charge in [0, 0.05) is 18.4 Å². The molecule has 2 fully saturated rings. The minimum Gasteiger partial charge on any atom is -0.478 e. The Bertz CT molecular complexity index is 1020. The molecule has 6 heteroatoms. The van der Waals surface area contributed by atoms with Crippen molar-refractivity contribution in [2.75, 3.05) is 26.2 Å². The van der Waals surface area contributed by atoms with Crippen molar-refractivity contribution in [3.63, 3.8) is 0 Å². The Morgan fingerprint density at radius 1 is 1.09 bits per heavy atom. The van der Waals surface area contributed by atoms with Gasteiger partial charge in [0.1, 0.15) is 12.4 Å². The van der Waals surface area contributed by atoms with Crippen molar-refractivity contribution >= 4 is 11.8 Å². The second kappa shape index (κ2) is 11.3. The van der Waals surface area contributed by atoms with E-state index in [1.807, 2.05) is 12.1 Å². The molecule has 1 saturated carbocycles. The first-order valence-electron chi connectivity index (χ1n) is 13.2. The van der Waals surface area contributed by atoms with Crippen LogP contribution in [0.2, 0.25) is 0 Å². The second-order valence-electron chi connectivity index (χ2n) is 10.3. The topological polar surface area (TPSA) is 53.9 Å². The van der Waals surface area contributed by atoms with E-state index in [-0.39, 0.29) is 29.7 Å². The van der Waals surface area contributed by atoms with E-state index in [0.717, 1.165) is 76.0 Å². The summed E-state index contributed by atoms with van der Waals surface area (Å²) in [6.07, 6.45) is 6.84. The van der Waals surface area contributed by atoms with Crippen molar-refractivity contribution in [3.8, 4) is 0 Å². The molecule has 3 aliphatic rings. The highest BCUT2D eigenvalue weighted by Gasteiger charge is 2.31. The lowest BCUT2D eigenvalue weighted by Crippen LogP contribution is -2.40. The highest BCUT2D eigenvalue weighted by molar-refractivity contribution is 5.80. The number of nitrogens with zero attached hydrogens (tertiary/aromatic N) is 2. The number of hydrogen-bond donors (Lipinski definition) is 1. The molecule has 2 aromatic rings. The summed E-state index contributed by atoms with van der Waals surface area (Å²) in [4.78, 5) is 20.0. The normalized spacial score (nSPS) is 22.2. The number of benzene rings is 2. The van der Waals surface area contributed by atoms with Crippen LogP contribution in [0, 0.1) is 17.7 Å². The summed E-state index contributed by atoms with van der Waals surface area (Å²) in [6.45, 7) is 3.54. The molecule has 2 atom stereocenters. The van der Waals surface area contributed by atoms with Gasteiger partial charge in [0.05, 0.1) is 12.1 Å². The number of ether oxygens (including phenoxy) is 1. The summed E-state index contributed by atoms with van der Waals surface area (Å²) in [5.41, 5.74) is 2.16. The fourth-order valence-corrected chi connectivity index (χ4v) is 5.37. The number of nitrogens with one attached hydrogen (secondary N) is 1. The third kappa shape index (κ3) is 6.29. The van der Waals surface area contributed by atoms with Crippen LogP contribution in [0.25, 0.3) is 0 Å². The van der Waals surface area contributed by atoms with Crippen LogP contribution < -0.4 is 5.32 Å². The number of rotatable bonds is 9. The molecular weight excluding hydrogens is 441 g/mol. The Balaban J connectivity index is 1.12. The van der Waals surface area contributed by atoms with Crippen molar-refractivity contribution in [1.82, 2.24) is 10.2 Å². The van der Waals surface area contributed by atoms with E-state index < -0.39 is 0 Å². The third-order valence-electron chi connectivity index (χ3n) is 7.76. The van der Waals surface area contributed by atoms with Gasteiger partial charge in [-0.15, -0.1) is 0 Å². The standard InChI is InChI=1S/C29H36FN3O2/c30-25-11-5-10-24(19-25)27(32-28(34)22-8-4-9-22)14-17-33-15-12-23(13-16-33)29-31-26(20-35-29)18-21-6-2-1-3-7-21/h1-3,5-7,10-11,19,22-23,26-27H,4,8-9,12-18,20H2,(H,32,34)/t26-,27+/m1/s1. The summed E-state index contributed by atoms with van der Waals surface area (Å²) in [6, 6.07) is 17.2. The SMILES string of the molecule is O=C(N[C@@H](CCN1CCC(C2=N[C@H](Cc3ccccc3)CO2)CC1)c1cccc(F)c1)C1CCC1. The fraction of sp³-hybridized carbons (Fsp3) is 0.517. The predicted molar refractivity (Wildman–Crippen MR) is 136 cm³/mol. The zero-order valence-electron chi connectivity index (χ0n) is 20.4. The van der Waals surface area contributed by atoms with Gasteiger partial charge in [0.25, 0.3) is 0 Å². The van der Waals surface area contributed by atoms with E-state index in [2.05, 4.69) is 34.5 Å². The molecule has 1 aliphatic carbocycles. The molecule has 2 aliphatic heterocycles. The van der Waals surface area contributed by atoms with Crippen molar-refractivity contribution in [2.24, 2.45) is 16.8 Å². The molecule has 5 rings (SSSR count). The van der Waals surface area contributed by atoms with Crippen molar-refractivity contribution in [1.29, 1.82) is 0 Å². The summed E-state index contributed by atoms with van der Waals surface area (Å²) in [7, 11) is 0. The smallest absolute Gasteiger partial charge is 0.223 e. The molecular formula is C29H36FN3O2. The first-order chi connectivity index (χ1) is 17.1. The molecule has 1 amide bonds. The quantitative estimate of drug-likeness (QED) is 0.558. The van der Waals surface area contributed by atoms with Gasteiger partial charge in [-0.05, 0) is 74.9 Å². The molecule has 35 heavy (non-hydrogen) atoms. The Kier molecular flexibility index (Phi) is 7.77. The minimum atomic E-state index is -0.255. The van der Waals surface area contributed by atoms with Crippen LogP contribution in [0.4, 0.5) is 4.39 Å². The Labute approximate surface area is 207 Å². The van der Waals surface area contributed by atoms with Gasteiger partial charge in [-0.3, -0.25) is 4.79 Å². The molecule has 0 radical (unpaired) electrons. The number of hydrogen-bond acceptors (Lipinski definition) is 4. The van der Waals surface area contributed by atoms with Gasteiger partial charge in [0.15, 0.2) is 5.90 Å².